The van der Waals surface area contributed by atoms with Crippen molar-refractivity contribution in [3.8, 4) is 0 Å². The number of nitrogens with one attached hydrogen (secondary N) is 2. The fraction of sp³-hybridized carbons (Fsp3) is 0.765. The Morgan fingerprint density at radius 2 is 2.13 bits per heavy atom. The fourth-order valence-corrected chi connectivity index (χ4v) is 3.98. The lowest BCUT2D eigenvalue weighted by atomic mass is 9.96. The number of aromatic amines is 1. The minimum atomic E-state index is -0.666. The average molecular weight is 320 g/mol. The molecule has 128 valence electrons. The van der Waals surface area contributed by atoms with Crippen LogP contribution in [-0.2, 0) is 4.79 Å². The van der Waals surface area contributed by atoms with Crippen LogP contribution in [0, 0.1) is 5.92 Å². The van der Waals surface area contributed by atoms with Crippen molar-refractivity contribution in [2.75, 3.05) is 20.1 Å². The van der Waals surface area contributed by atoms with Crippen LogP contribution in [0.1, 0.15) is 56.5 Å². The molecule has 1 saturated heterocycles. The normalized spacial score (nSPS) is 31.3. The quantitative estimate of drug-likeness (QED) is 0.779. The van der Waals surface area contributed by atoms with Gasteiger partial charge in [0.05, 0.1) is 12.0 Å². The Morgan fingerprint density at radius 3 is 2.70 bits per heavy atom. The molecule has 1 saturated carbocycles. The summed E-state index contributed by atoms with van der Waals surface area (Å²) in [7, 11) is 1.90. The van der Waals surface area contributed by atoms with Gasteiger partial charge in [0.1, 0.15) is 5.82 Å². The summed E-state index contributed by atoms with van der Waals surface area (Å²) in [4.78, 5) is 22.4. The Hall–Kier alpha value is -1.40. The predicted octanol–water partition coefficient (Wildman–Crippen LogP) is 1.21. The van der Waals surface area contributed by atoms with Gasteiger partial charge in [-0.25, -0.2) is 4.98 Å². The lowest BCUT2D eigenvalue weighted by Gasteiger charge is -2.24. The summed E-state index contributed by atoms with van der Waals surface area (Å²) in [6.45, 7) is 5.84. The first-order valence-electron chi connectivity index (χ1n) is 8.71. The molecule has 3 N–H and O–H groups in total. The van der Waals surface area contributed by atoms with Gasteiger partial charge in [-0.3, -0.25) is 4.79 Å². The highest BCUT2D eigenvalue weighted by atomic mass is 16.3. The van der Waals surface area contributed by atoms with E-state index in [2.05, 4.69) is 29.1 Å². The van der Waals surface area contributed by atoms with Gasteiger partial charge in [-0.15, -0.1) is 0 Å². The molecule has 0 unspecified atom stereocenters. The number of aliphatic hydroxyl groups is 1. The number of hydrogen-bond acceptors (Lipinski definition) is 4. The maximum absolute atomic E-state index is 12.7. The predicted molar refractivity (Wildman–Crippen MR) is 88.2 cm³/mol. The maximum Gasteiger partial charge on any atom is 0.228 e. The molecule has 2 aliphatic rings. The molecule has 3 rings (SSSR count). The van der Waals surface area contributed by atoms with E-state index in [1.54, 1.807) is 0 Å². The molecule has 1 aliphatic carbocycles. The summed E-state index contributed by atoms with van der Waals surface area (Å²) >= 11 is 0. The number of nitrogens with zero attached hydrogens (tertiary/aromatic N) is 2. The van der Waals surface area contributed by atoms with Crippen LogP contribution in [0.5, 0.6) is 0 Å². The molecule has 1 aromatic rings. The number of likely N-dealkylation sites (N-methyl/N-ethyl adjacent to an activating group) is 1. The van der Waals surface area contributed by atoms with Crippen molar-refractivity contribution in [3.05, 3.63) is 17.7 Å². The Balaban J connectivity index is 1.80. The summed E-state index contributed by atoms with van der Waals surface area (Å²) in [6, 6.07) is 0.0852. The summed E-state index contributed by atoms with van der Waals surface area (Å²) in [5.41, 5.74) is 0.928. The van der Waals surface area contributed by atoms with Gasteiger partial charge in [-0.2, -0.15) is 0 Å². The third-order valence-corrected chi connectivity index (χ3v) is 5.35. The van der Waals surface area contributed by atoms with Gasteiger partial charge in [-0.05, 0) is 26.3 Å². The first kappa shape index (κ1) is 16.5. The van der Waals surface area contributed by atoms with Gasteiger partial charge >= 0.3 is 0 Å². The Bertz CT molecular complexity index is 551. The average Bonchev–Trinajstić information content (AvgIpc) is 3.25. The van der Waals surface area contributed by atoms with Crippen molar-refractivity contribution in [1.82, 2.24) is 20.2 Å². The molecule has 1 aliphatic heterocycles. The minimum Gasteiger partial charge on any atom is -0.392 e. The largest absolute Gasteiger partial charge is 0.392 e. The molecule has 2 heterocycles. The van der Waals surface area contributed by atoms with E-state index >= 15 is 0 Å². The van der Waals surface area contributed by atoms with E-state index in [0.717, 1.165) is 37.4 Å². The van der Waals surface area contributed by atoms with Crippen molar-refractivity contribution in [3.63, 3.8) is 0 Å². The maximum atomic E-state index is 12.7. The van der Waals surface area contributed by atoms with Gasteiger partial charge < -0.3 is 20.3 Å². The van der Waals surface area contributed by atoms with Crippen molar-refractivity contribution in [2.24, 2.45) is 5.92 Å². The highest BCUT2D eigenvalue weighted by Gasteiger charge is 2.47. The third-order valence-electron chi connectivity index (χ3n) is 5.35. The lowest BCUT2D eigenvalue weighted by molar-refractivity contribution is -0.137. The number of likely N-dealkylation sites (tertiary alicyclic amines) is 1. The minimum absolute atomic E-state index is 0.0852. The molecular formula is C17H28N4O2. The van der Waals surface area contributed by atoms with E-state index < -0.39 is 6.10 Å². The number of H-pyrrole nitrogens is 1. The summed E-state index contributed by atoms with van der Waals surface area (Å²) in [5.74, 6) is 0.924. The zero-order valence-corrected chi connectivity index (χ0v) is 14.2. The monoisotopic (exact) mass is 320 g/mol. The number of aliphatic hydroxyl groups excluding tert-OH is 1. The number of carbonyl (C=O) groups is 1. The van der Waals surface area contributed by atoms with Gasteiger partial charge in [0.15, 0.2) is 0 Å². The number of amides is 1. The molecular weight excluding hydrogens is 292 g/mol. The van der Waals surface area contributed by atoms with Gasteiger partial charge in [0.2, 0.25) is 5.91 Å². The smallest absolute Gasteiger partial charge is 0.228 e. The van der Waals surface area contributed by atoms with Gasteiger partial charge in [-0.1, -0.05) is 13.8 Å². The Labute approximate surface area is 137 Å². The van der Waals surface area contributed by atoms with E-state index in [9.17, 15) is 9.90 Å². The van der Waals surface area contributed by atoms with Crippen molar-refractivity contribution < 1.29 is 9.90 Å². The Kier molecular flexibility index (Phi) is 4.73. The zero-order chi connectivity index (χ0) is 16.6. The topological polar surface area (TPSA) is 81.2 Å². The van der Waals surface area contributed by atoms with Crippen LogP contribution < -0.4 is 5.32 Å². The number of carbonyl (C=O) groups excluding carboxylic acids is 1. The SMILES string of the molecule is CN[C@@H]1C[C@H](C(=O)N2CCCC2)[C@@H](O)[C@H]1c1cnc(C(C)C)[nH]1. The first-order chi connectivity index (χ1) is 11.0. The zero-order valence-electron chi connectivity index (χ0n) is 14.2. The van der Waals surface area contributed by atoms with E-state index in [4.69, 9.17) is 0 Å². The van der Waals surface area contributed by atoms with Crippen LogP contribution in [0.15, 0.2) is 6.20 Å². The summed E-state index contributed by atoms with van der Waals surface area (Å²) < 4.78 is 0. The highest BCUT2D eigenvalue weighted by molar-refractivity contribution is 5.80. The number of rotatable bonds is 4. The molecule has 23 heavy (non-hydrogen) atoms. The van der Waals surface area contributed by atoms with Gasteiger partial charge in [0.25, 0.3) is 0 Å². The highest BCUT2D eigenvalue weighted by Crippen LogP contribution is 2.39. The molecule has 6 heteroatoms. The molecule has 0 spiro atoms. The number of imidazole rings is 1. The molecule has 6 nitrogen and oxygen atoms in total. The van der Waals surface area contributed by atoms with Crippen LogP contribution in [0.4, 0.5) is 0 Å². The molecule has 0 aromatic carbocycles. The second kappa shape index (κ2) is 6.61. The van der Waals surface area contributed by atoms with Crippen LogP contribution in [0.25, 0.3) is 0 Å². The summed E-state index contributed by atoms with van der Waals surface area (Å²) in [6.07, 6.45) is 3.97. The second-order valence-corrected chi connectivity index (χ2v) is 7.16. The molecule has 0 bridgehead atoms. The lowest BCUT2D eigenvalue weighted by Crippen LogP contribution is -2.38. The van der Waals surface area contributed by atoms with Crippen LogP contribution in [-0.4, -0.2) is 58.2 Å². The fourth-order valence-electron chi connectivity index (χ4n) is 3.98. The number of aromatic nitrogens is 2. The molecule has 1 amide bonds. The van der Waals surface area contributed by atoms with E-state index in [1.165, 1.54) is 0 Å². The Morgan fingerprint density at radius 1 is 1.43 bits per heavy atom. The number of hydrogen-bond donors (Lipinski definition) is 3. The van der Waals surface area contributed by atoms with Crippen LogP contribution >= 0.6 is 0 Å². The van der Waals surface area contributed by atoms with E-state index in [1.807, 2.05) is 18.1 Å². The van der Waals surface area contributed by atoms with Crippen molar-refractivity contribution in [2.45, 2.75) is 57.1 Å². The summed E-state index contributed by atoms with van der Waals surface area (Å²) in [5, 5.41) is 14.1. The van der Waals surface area contributed by atoms with E-state index in [-0.39, 0.29) is 23.8 Å². The standard InChI is InChI=1S/C17H28N4O2/c1-10(2)16-19-9-13(20-16)14-12(18-3)8-11(15(14)22)17(23)21-6-4-5-7-21/h9-12,14-15,18,22H,4-8H2,1-3H3,(H,19,20)/t11-,12+,14+,15+/m0/s1. The first-order valence-corrected chi connectivity index (χ1v) is 8.71. The molecule has 1 aromatic heterocycles. The second-order valence-electron chi connectivity index (χ2n) is 7.16. The molecule has 2 fully saturated rings. The van der Waals surface area contributed by atoms with Crippen molar-refractivity contribution >= 4 is 5.91 Å². The van der Waals surface area contributed by atoms with Gasteiger partial charge in [0, 0.05) is 42.9 Å². The third kappa shape index (κ3) is 3.02. The van der Waals surface area contributed by atoms with E-state index in [0.29, 0.717) is 12.3 Å². The van der Waals surface area contributed by atoms with Crippen LogP contribution in [0.3, 0.4) is 0 Å². The van der Waals surface area contributed by atoms with Crippen LogP contribution in [0.2, 0.25) is 0 Å². The molecule has 4 atom stereocenters. The molecule has 0 radical (unpaired) electrons. The van der Waals surface area contributed by atoms with Crippen molar-refractivity contribution in [1.29, 1.82) is 0 Å².